The van der Waals surface area contributed by atoms with Gasteiger partial charge in [-0.25, -0.2) is 4.99 Å². The highest BCUT2D eigenvalue weighted by Crippen LogP contribution is 2.14. The molecular formula is C21H38N4O2. The van der Waals surface area contributed by atoms with Crippen LogP contribution in [0.4, 0.5) is 0 Å². The Bertz CT molecular complexity index is 521. The van der Waals surface area contributed by atoms with E-state index in [4.69, 9.17) is 9.47 Å². The first kappa shape index (κ1) is 23.2. The molecule has 1 rings (SSSR count). The summed E-state index contributed by atoms with van der Waals surface area (Å²) in [5.74, 6) is 1.73. The van der Waals surface area contributed by atoms with Gasteiger partial charge >= 0.3 is 0 Å². The maximum absolute atomic E-state index is 5.80. The van der Waals surface area contributed by atoms with Crippen molar-refractivity contribution in [3.05, 3.63) is 29.8 Å². The third-order valence-corrected chi connectivity index (χ3v) is 3.87. The van der Waals surface area contributed by atoms with Gasteiger partial charge in [0, 0.05) is 32.8 Å². The van der Waals surface area contributed by atoms with E-state index in [0.717, 1.165) is 63.0 Å². The molecule has 6 heteroatoms. The van der Waals surface area contributed by atoms with Crippen LogP contribution in [0.3, 0.4) is 0 Å². The van der Waals surface area contributed by atoms with Crippen molar-refractivity contribution in [2.75, 3.05) is 53.6 Å². The Hall–Kier alpha value is -1.79. The van der Waals surface area contributed by atoms with Crippen LogP contribution >= 0.6 is 0 Å². The number of nitrogens with one attached hydrogen (secondary N) is 2. The summed E-state index contributed by atoms with van der Waals surface area (Å²) in [7, 11) is 4.09. The number of likely N-dealkylation sites (N-methyl/N-ethyl adjacent to an activating group) is 1. The van der Waals surface area contributed by atoms with E-state index < -0.39 is 0 Å². The first-order chi connectivity index (χ1) is 13.2. The van der Waals surface area contributed by atoms with Gasteiger partial charge in [-0.2, -0.15) is 0 Å². The van der Waals surface area contributed by atoms with Crippen molar-refractivity contribution < 1.29 is 9.47 Å². The number of hydrogen-bond acceptors (Lipinski definition) is 4. The molecule has 0 radical (unpaired) electrons. The largest absolute Gasteiger partial charge is 0.492 e. The molecule has 2 N–H and O–H groups in total. The predicted molar refractivity (Wildman–Crippen MR) is 114 cm³/mol. The lowest BCUT2D eigenvalue weighted by atomic mass is 10.2. The highest BCUT2D eigenvalue weighted by atomic mass is 16.5. The van der Waals surface area contributed by atoms with Crippen LogP contribution in [0.15, 0.2) is 29.3 Å². The van der Waals surface area contributed by atoms with Crippen molar-refractivity contribution in [2.45, 2.75) is 39.7 Å². The smallest absolute Gasteiger partial charge is 0.191 e. The minimum atomic E-state index is 0.618. The van der Waals surface area contributed by atoms with Crippen LogP contribution in [0.2, 0.25) is 0 Å². The Morgan fingerprint density at radius 1 is 1.07 bits per heavy atom. The zero-order chi connectivity index (χ0) is 19.7. The maximum atomic E-state index is 5.80. The Balaban J connectivity index is 2.40. The zero-order valence-corrected chi connectivity index (χ0v) is 17.6. The summed E-state index contributed by atoms with van der Waals surface area (Å²) >= 11 is 0. The Morgan fingerprint density at radius 3 is 2.63 bits per heavy atom. The van der Waals surface area contributed by atoms with Gasteiger partial charge in [-0.1, -0.05) is 25.5 Å². The van der Waals surface area contributed by atoms with Crippen LogP contribution in [-0.2, 0) is 11.3 Å². The third-order valence-electron chi connectivity index (χ3n) is 3.87. The van der Waals surface area contributed by atoms with Gasteiger partial charge in [0.25, 0.3) is 0 Å². The molecule has 0 atom stereocenters. The minimum absolute atomic E-state index is 0.618. The van der Waals surface area contributed by atoms with Crippen molar-refractivity contribution >= 4 is 5.96 Å². The van der Waals surface area contributed by atoms with Gasteiger partial charge in [-0.3, -0.25) is 0 Å². The van der Waals surface area contributed by atoms with Crippen LogP contribution in [0.5, 0.6) is 5.75 Å². The Labute approximate surface area is 165 Å². The highest BCUT2D eigenvalue weighted by molar-refractivity contribution is 5.79. The first-order valence-corrected chi connectivity index (χ1v) is 10.1. The molecule has 0 aromatic heterocycles. The highest BCUT2D eigenvalue weighted by Gasteiger charge is 2.00. The summed E-state index contributed by atoms with van der Waals surface area (Å²) in [5, 5.41) is 6.65. The lowest BCUT2D eigenvalue weighted by molar-refractivity contribution is 0.129. The SMILES string of the molecule is CCCCOCCCNC(=NCc1cccc(OCCN(C)C)c1)NCC. The summed E-state index contributed by atoms with van der Waals surface area (Å²) in [6, 6.07) is 8.15. The van der Waals surface area contributed by atoms with Crippen LogP contribution in [0.25, 0.3) is 0 Å². The number of nitrogens with zero attached hydrogens (tertiary/aromatic N) is 2. The fraction of sp³-hybridized carbons (Fsp3) is 0.667. The molecule has 0 saturated heterocycles. The third kappa shape index (κ3) is 12.3. The van der Waals surface area contributed by atoms with E-state index in [2.05, 4.69) is 46.5 Å². The van der Waals surface area contributed by atoms with Gasteiger partial charge in [0.1, 0.15) is 12.4 Å². The van der Waals surface area contributed by atoms with Crippen LogP contribution < -0.4 is 15.4 Å². The molecule has 0 amide bonds. The molecule has 0 aliphatic carbocycles. The van der Waals surface area contributed by atoms with E-state index in [-0.39, 0.29) is 0 Å². The topological polar surface area (TPSA) is 58.1 Å². The molecule has 0 unspecified atom stereocenters. The van der Waals surface area contributed by atoms with E-state index in [0.29, 0.717) is 13.2 Å². The zero-order valence-electron chi connectivity index (χ0n) is 17.6. The average Bonchev–Trinajstić information content (AvgIpc) is 2.65. The van der Waals surface area contributed by atoms with E-state index in [1.54, 1.807) is 0 Å². The van der Waals surface area contributed by atoms with Gasteiger partial charge in [-0.15, -0.1) is 0 Å². The summed E-state index contributed by atoms with van der Waals surface area (Å²) in [6.07, 6.45) is 3.29. The molecule has 27 heavy (non-hydrogen) atoms. The molecule has 1 aromatic rings. The molecular weight excluding hydrogens is 340 g/mol. The fourth-order valence-corrected chi connectivity index (χ4v) is 2.32. The molecule has 0 aliphatic heterocycles. The van der Waals surface area contributed by atoms with Gasteiger partial charge in [0.05, 0.1) is 6.54 Å². The van der Waals surface area contributed by atoms with Crippen molar-refractivity contribution in [1.82, 2.24) is 15.5 Å². The molecule has 0 bridgehead atoms. The predicted octanol–water partition coefficient (Wildman–Crippen LogP) is 2.89. The van der Waals surface area contributed by atoms with Crippen molar-refractivity contribution in [3.63, 3.8) is 0 Å². The van der Waals surface area contributed by atoms with Crippen molar-refractivity contribution in [2.24, 2.45) is 4.99 Å². The van der Waals surface area contributed by atoms with E-state index >= 15 is 0 Å². The lowest BCUT2D eigenvalue weighted by Gasteiger charge is -2.12. The Kier molecular flexibility index (Phi) is 13.2. The number of guanidine groups is 1. The molecule has 0 fully saturated rings. The van der Waals surface area contributed by atoms with Crippen molar-refractivity contribution in [1.29, 1.82) is 0 Å². The van der Waals surface area contributed by atoms with E-state index in [9.17, 15) is 0 Å². The number of hydrogen-bond donors (Lipinski definition) is 2. The van der Waals surface area contributed by atoms with Crippen molar-refractivity contribution in [3.8, 4) is 5.75 Å². The molecule has 0 aliphatic rings. The lowest BCUT2D eigenvalue weighted by Crippen LogP contribution is -2.38. The molecule has 0 saturated carbocycles. The number of rotatable bonds is 14. The van der Waals surface area contributed by atoms with Gasteiger partial charge in [0.15, 0.2) is 5.96 Å². The minimum Gasteiger partial charge on any atom is -0.492 e. The number of ether oxygens (including phenoxy) is 2. The van der Waals surface area contributed by atoms with Crippen LogP contribution in [0.1, 0.15) is 38.7 Å². The summed E-state index contributed by atoms with van der Waals surface area (Å²) in [4.78, 5) is 6.78. The van der Waals surface area contributed by atoms with E-state index in [1.807, 2.05) is 26.2 Å². The number of aliphatic imine (C=N–C) groups is 1. The molecule has 154 valence electrons. The molecule has 0 spiro atoms. The summed E-state index contributed by atoms with van der Waals surface area (Å²) in [6.45, 7) is 9.80. The van der Waals surface area contributed by atoms with Crippen LogP contribution in [0, 0.1) is 0 Å². The monoisotopic (exact) mass is 378 g/mol. The average molecular weight is 379 g/mol. The molecule has 6 nitrogen and oxygen atoms in total. The number of unbranched alkanes of at least 4 members (excludes halogenated alkanes) is 1. The van der Waals surface area contributed by atoms with E-state index in [1.165, 1.54) is 6.42 Å². The summed E-state index contributed by atoms with van der Waals surface area (Å²) < 4.78 is 11.4. The second-order valence-corrected chi connectivity index (χ2v) is 6.74. The fourth-order valence-electron chi connectivity index (χ4n) is 2.32. The standard InChI is InChI=1S/C21H38N4O2/c1-5-7-14-26-15-9-12-23-21(22-6-2)24-18-19-10-8-11-20(17-19)27-16-13-25(3)4/h8,10-11,17H,5-7,9,12-16,18H2,1-4H3,(H2,22,23,24). The quantitative estimate of drug-likeness (QED) is 0.296. The summed E-state index contributed by atoms with van der Waals surface area (Å²) in [5.41, 5.74) is 1.14. The van der Waals surface area contributed by atoms with Gasteiger partial charge in [-0.05, 0) is 51.6 Å². The molecule has 1 aromatic carbocycles. The second kappa shape index (κ2) is 15.3. The maximum Gasteiger partial charge on any atom is 0.191 e. The first-order valence-electron chi connectivity index (χ1n) is 10.1. The molecule has 0 heterocycles. The second-order valence-electron chi connectivity index (χ2n) is 6.74. The Morgan fingerprint density at radius 2 is 1.89 bits per heavy atom. The van der Waals surface area contributed by atoms with Gasteiger partial charge in [0.2, 0.25) is 0 Å². The number of benzene rings is 1. The van der Waals surface area contributed by atoms with Gasteiger partial charge < -0.3 is 25.0 Å². The normalized spacial score (nSPS) is 11.7. The van der Waals surface area contributed by atoms with Crippen LogP contribution in [-0.4, -0.2) is 64.4 Å².